The summed E-state index contributed by atoms with van der Waals surface area (Å²) in [6.07, 6.45) is 3.44. The van der Waals surface area contributed by atoms with Gasteiger partial charge in [-0.2, -0.15) is 0 Å². The number of carbonyl (C=O) groups is 3. The summed E-state index contributed by atoms with van der Waals surface area (Å²) < 4.78 is 18.8. The summed E-state index contributed by atoms with van der Waals surface area (Å²) in [5, 5.41) is 6.03. The van der Waals surface area contributed by atoms with Gasteiger partial charge >= 0.3 is 6.03 Å². The van der Waals surface area contributed by atoms with Crippen LogP contribution in [0.1, 0.15) is 46.4 Å². The first-order valence-electron chi connectivity index (χ1n) is 14.0. The maximum atomic E-state index is 13.4. The molecular weight excluding hydrogens is 515 g/mol. The molecule has 0 spiro atoms. The van der Waals surface area contributed by atoms with Gasteiger partial charge in [0.2, 0.25) is 0 Å². The van der Waals surface area contributed by atoms with Gasteiger partial charge in [-0.1, -0.05) is 0 Å². The molecule has 1 saturated carbocycles. The van der Waals surface area contributed by atoms with Gasteiger partial charge in [-0.15, -0.1) is 0 Å². The van der Waals surface area contributed by atoms with E-state index in [0.717, 1.165) is 31.4 Å². The van der Waals surface area contributed by atoms with Crippen molar-refractivity contribution in [2.45, 2.75) is 37.8 Å². The largest absolute Gasteiger partial charge is 0.378 e. The Morgan fingerprint density at radius 2 is 1.43 bits per heavy atom. The summed E-state index contributed by atoms with van der Waals surface area (Å²) in [6.45, 7) is 4.51. The maximum Gasteiger partial charge on any atom is 0.320 e. The van der Waals surface area contributed by atoms with Gasteiger partial charge in [0.1, 0.15) is 5.82 Å². The molecule has 2 aromatic rings. The number of morpholine rings is 1. The van der Waals surface area contributed by atoms with Crippen LogP contribution in [-0.4, -0.2) is 92.2 Å². The Balaban J connectivity index is 1.31. The Kier molecular flexibility index (Phi) is 8.81. The van der Waals surface area contributed by atoms with Gasteiger partial charge in [-0.25, -0.2) is 9.18 Å². The van der Waals surface area contributed by atoms with E-state index in [2.05, 4.69) is 15.5 Å². The molecule has 10 nitrogen and oxygen atoms in total. The number of rotatable bonds is 5. The third-order valence-electron chi connectivity index (χ3n) is 7.89. The van der Waals surface area contributed by atoms with Gasteiger partial charge in [0.15, 0.2) is 0 Å². The first-order chi connectivity index (χ1) is 19.4. The van der Waals surface area contributed by atoms with Crippen LogP contribution in [0.25, 0.3) is 0 Å². The molecule has 40 heavy (non-hydrogen) atoms. The van der Waals surface area contributed by atoms with Crippen LogP contribution in [0.15, 0.2) is 42.5 Å². The Morgan fingerprint density at radius 1 is 0.800 bits per heavy atom. The number of carbonyl (C=O) groups excluding carboxylic acids is 3. The Labute approximate surface area is 233 Å². The lowest BCUT2D eigenvalue weighted by Crippen LogP contribution is -2.54. The van der Waals surface area contributed by atoms with E-state index < -0.39 is 11.7 Å². The van der Waals surface area contributed by atoms with Crippen molar-refractivity contribution in [3.8, 4) is 0 Å². The molecule has 4 N–H and O–H groups in total. The molecule has 11 heteroatoms. The summed E-state index contributed by atoms with van der Waals surface area (Å²) in [5.74, 6) is -1.03. The van der Waals surface area contributed by atoms with E-state index in [-0.39, 0.29) is 24.0 Å². The monoisotopic (exact) mass is 552 g/mol. The van der Waals surface area contributed by atoms with Crippen LogP contribution >= 0.6 is 0 Å². The molecule has 0 atom stereocenters. The van der Waals surface area contributed by atoms with Crippen LogP contribution in [0.3, 0.4) is 0 Å². The number of hydrogen-bond acceptors (Lipinski definition) is 6. The number of urea groups is 1. The highest BCUT2D eigenvalue weighted by Crippen LogP contribution is 2.30. The zero-order chi connectivity index (χ0) is 28.1. The highest BCUT2D eigenvalue weighted by atomic mass is 19.1. The predicted molar refractivity (Wildman–Crippen MR) is 150 cm³/mol. The molecule has 0 aromatic heterocycles. The van der Waals surface area contributed by atoms with Crippen molar-refractivity contribution in [3.63, 3.8) is 0 Å². The minimum atomic E-state index is -0.427. The van der Waals surface area contributed by atoms with Gasteiger partial charge in [-0.3, -0.25) is 9.59 Å². The molecule has 2 aliphatic heterocycles. The van der Waals surface area contributed by atoms with Gasteiger partial charge in [-0.05, 0) is 68.1 Å². The third kappa shape index (κ3) is 6.71. The van der Waals surface area contributed by atoms with Crippen LogP contribution in [0.2, 0.25) is 0 Å². The average Bonchev–Trinajstić information content (AvgIpc) is 2.99. The van der Waals surface area contributed by atoms with Crippen molar-refractivity contribution in [1.82, 2.24) is 15.1 Å². The van der Waals surface area contributed by atoms with Crippen molar-refractivity contribution in [1.29, 1.82) is 0 Å². The normalized spacial score (nSPS) is 21.6. The summed E-state index contributed by atoms with van der Waals surface area (Å²) in [4.78, 5) is 44.9. The number of ether oxygens (including phenoxy) is 1. The van der Waals surface area contributed by atoms with Crippen LogP contribution in [0.5, 0.6) is 0 Å². The smallest absolute Gasteiger partial charge is 0.320 e. The highest BCUT2D eigenvalue weighted by molar-refractivity contribution is 6.07. The van der Waals surface area contributed by atoms with Crippen molar-refractivity contribution < 1.29 is 23.5 Å². The standard InChI is InChI=1S/C29H37FN6O4/c30-22-4-1-20(2-5-22)27(37)33-25-19-21(28(38)32-24-8-6-23(31)7-9-24)3-10-26(25)34-11-13-35(14-12-34)29(39)36-15-17-40-18-16-36/h1-5,10,19,23-24H,6-9,11-18,31H2,(H,32,38)(H,33,37). The first kappa shape index (κ1) is 27.9. The molecule has 5 rings (SSSR count). The second-order valence-electron chi connectivity index (χ2n) is 10.6. The van der Waals surface area contributed by atoms with Crippen LogP contribution in [0.4, 0.5) is 20.6 Å². The number of nitrogens with one attached hydrogen (secondary N) is 2. The molecule has 2 saturated heterocycles. The minimum Gasteiger partial charge on any atom is -0.378 e. The van der Waals surface area contributed by atoms with Crippen LogP contribution in [-0.2, 0) is 4.74 Å². The molecule has 2 heterocycles. The van der Waals surface area contributed by atoms with E-state index in [1.54, 1.807) is 12.1 Å². The van der Waals surface area contributed by atoms with Crippen molar-refractivity contribution >= 4 is 29.2 Å². The Hall–Kier alpha value is -3.70. The molecular formula is C29H37FN6O4. The molecule has 3 aliphatic rings. The maximum absolute atomic E-state index is 13.4. The van der Waals surface area contributed by atoms with Crippen LogP contribution < -0.4 is 21.3 Å². The quantitative estimate of drug-likeness (QED) is 0.525. The summed E-state index contributed by atoms with van der Waals surface area (Å²) in [6, 6.07) is 10.9. The number of nitrogens with zero attached hydrogens (tertiary/aromatic N) is 3. The molecule has 0 unspecified atom stereocenters. The third-order valence-corrected chi connectivity index (χ3v) is 7.89. The lowest BCUT2D eigenvalue weighted by molar-refractivity contribution is 0.0428. The number of halogens is 1. The molecule has 0 radical (unpaired) electrons. The van der Waals surface area contributed by atoms with Crippen molar-refractivity contribution in [2.75, 3.05) is 62.7 Å². The molecule has 3 fully saturated rings. The fraction of sp³-hybridized carbons (Fsp3) is 0.483. The van der Waals surface area contributed by atoms with Gasteiger partial charge < -0.3 is 35.8 Å². The zero-order valence-corrected chi connectivity index (χ0v) is 22.6. The van der Waals surface area contributed by atoms with Gasteiger partial charge in [0.25, 0.3) is 11.8 Å². The van der Waals surface area contributed by atoms with Crippen molar-refractivity contribution in [3.05, 3.63) is 59.4 Å². The lowest BCUT2D eigenvalue weighted by atomic mass is 9.91. The summed E-state index contributed by atoms with van der Waals surface area (Å²) in [5.41, 5.74) is 8.00. The summed E-state index contributed by atoms with van der Waals surface area (Å²) >= 11 is 0. The van der Waals surface area contributed by atoms with Crippen LogP contribution in [0, 0.1) is 5.82 Å². The molecule has 1 aliphatic carbocycles. The van der Waals surface area contributed by atoms with E-state index in [4.69, 9.17) is 10.5 Å². The average molecular weight is 553 g/mol. The molecule has 0 bridgehead atoms. The summed E-state index contributed by atoms with van der Waals surface area (Å²) in [7, 11) is 0. The highest BCUT2D eigenvalue weighted by Gasteiger charge is 2.28. The fourth-order valence-electron chi connectivity index (χ4n) is 5.47. The number of benzene rings is 2. The number of hydrogen-bond donors (Lipinski definition) is 3. The van der Waals surface area contributed by atoms with E-state index in [0.29, 0.717) is 69.3 Å². The predicted octanol–water partition coefficient (Wildman–Crippen LogP) is 2.65. The van der Waals surface area contributed by atoms with Gasteiger partial charge in [0, 0.05) is 62.5 Å². The number of piperazine rings is 1. The second kappa shape index (κ2) is 12.6. The minimum absolute atomic E-state index is 0.0171. The van der Waals surface area contributed by atoms with Crippen molar-refractivity contribution in [2.24, 2.45) is 5.73 Å². The molecule has 214 valence electrons. The zero-order valence-electron chi connectivity index (χ0n) is 22.6. The molecule has 2 aromatic carbocycles. The topological polar surface area (TPSA) is 120 Å². The second-order valence-corrected chi connectivity index (χ2v) is 10.6. The lowest BCUT2D eigenvalue weighted by Gasteiger charge is -2.39. The number of anilines is 2. The van der Waals surface area contributed by atoms with E-state index in [1.165, 1.54) is 24.3 Å². The Bertz CT molecular complexity index is 1200. The Morgan fingerprint density at radius 3 is 2.10 bits per heavy atom. The van der Waals surface area contributed by atoms with E-state index in [1.807, 2.05) is 15.9 Å². The number of nitrogens with two attached hydrogens (primary N) is 1. The SMILES string of the molecule is NC1CCC(NC(=O)c2ccc(N3CCN(C(=O)N4CCOCC4)CC3)c(NC(=O)c3ccc(F)cc3)c2)CC1. The number of amides is 4. The van der Waals surface area contributed by atoms with E-state index in [9.17, 15) is 18.8 Å². The fourth-order valence-corrected chi connectivity index (χ4v) is 5.47. The first-order valence-corrected chi connectivity index (χ1v) is 14.0. The van der Waals surface area contributed by atoms with E-state index >= 15 is 0 Å². The van der Waals surface area contributed by atoms with Gasteiger partial charge in [0.05, 0.1) is 24.6 Å². The molecule has 4 amide bonds.